The van der Waals surface area contributed by atoms with E-state index >= 15 is 0 Å². The molecule has 5 nitrogen and oxygen atoms in total. The maximum atomic E-state index is 11.8. The van der Waals surface area contributed by atoms with Crippen LogP contribution in [0.15, 0.2) is 48.7 Å². The van der Waals surface area contributed by atoms with Gasteiger partial charge in [-0.15, -0.1) is 0 Å². The van der Waals surface area contributed by atoms with Crippen LogP contribution >= 0.6 is 0 Å². The van der Waals surface area contributed by atoms with Gasteiger partial charge in [0.1, 0.15) is 5.75 Å². The van der Waals surface area contributed by atoms with Gasteiger partial charge in [0.2, 0.25) is 11.8 Å². The fourth-order valence-electron chi connectivity index (χ4n) is 2.95. The molecule has 1 aromatic heterocycles. The minimum absolute atomic E-state index is 0.120. The molecule has 3 rings (SSSR count). The number of rotatable bonds is 4. The van der Waals surface area contributed by atoms with E-state index in [4.69, 9.17) is 4.74 Å². The first-order chi connectivity index (χ1) is 11.5. The van der Waals surface area contributed by atoms with E-state index in [1.807, 2.05) is 36.4 Å². The molecule has 1 aliphatic heterocycles. The Hall–Kier alpha value is -2.40. The molecule has 2 aromatic rings. The first-order valence-corrected chi connectivity index (χ1v) is 8.22. The molecule has 1 amide bonds. The summed E-state index contributed by atoms with van der Waals surface area (Å²) in [5.74, 6) is 1.47. The Balaban J connectivity index is 1.73. The molecule has 0 unspecified atom stereocenters. The molecule has 2 heterocycles. The van der Waals surface area contributed by atoms with Crippen molar-refractivity contribution < 1.29 is 9.53 Å². The van der Waals surface area contributed by atoms with E-state index in [0.717, 1.165) is 24.4 Å². The largest absolute Gasteiger partial charge is 0.439 e. The number of pyridine rings is 1. The highest BCUT2D eigenvalue weighted by Crippen LogP contribution is 2.25. The Morgan fingerprint density at radius 1 is 1.25 bits per heavy atom. The summed E-state index contributed by atoms with van der Waals surface area (Å²) in [5.41, 5.74) is 0.990. The Bertz CT molecular complexity index is 701. The number of carbonyl (C=O) groups excluding carboxylic acids is 1. The predicted octanol–water partition coefficient (Wildman–Crippen LogP) is 2.97. The van der Waals surface area contributed by atoms with Gasteiger partial charge in [-0.05, 0) is 37.6 Å². The predicted molar refractivity (Wildman–Crippen MR) is 92.9 cm³/mol. The van der Waals surface area contributed by atoms with Gasteiger partial charge in [-0.1, -0.05) is 18.2 Å². The molecular weight excluding hydrogens is 302 g/mol. The number of hydrogen-bond acceptors (Lipinski definition) is 4. The van der Waals surface area contributed by atoms with Crippen LogP contribution < -0.4 is 10.1 Å². The summed E-state index contributed by atoms with van der Waals surface area (Å²) in [5, 5.41) is 2.95. The Morgan fingerprint density at radius 3 is 2.92 bits per heavy atom. The lowest BCUT2D eigenvalue weighted by Crippen LogP contribution is -2.44. The van der Waals surface area contributed by atoms with E-state index in [2.05, 4.69) is 35.1 Å². The number of carbonyl (C=O) groups is 1. The van der Waals surface area contributed by atoms with E-state index in [1.165, 1.54) is 0 Å². The number of nitrogens with one attached hydrogen (secondary N) is 1. The third kappa shape index (κ3) is 4.11. The molecule has 1 saturated heterocycles. The minimum Gasteiger partial charge on any atom is -0.439 e. The second-order valence-electron chi connectivity index (χ2n) is 6.68. The molecule has 0 saturated carbocycles. The maximum absolute atomic E-state index is 11.8. The number of benzene rings is 1. The maximum Gasteiger partial charge on any atom is 0.221 e. The van der Waals surface area contributed by atoms with Crippen molar-refractivity contribution in [1.82, 2.24) is 15.2 Å². The zero-order valence-electron chi connectivity index (χ0n) is 14.2. The van der Waals surface area contributed by atoms with E-state index < -0.39 is 0 Å². The Kier molecular flexibility index (Phi) is 4.81. The van der Waals surface area contributed by atoms with Gasteiger partial charge in [-0.2, -0.15) is 0 Å². The summed E-state index contributed by atoms with van der Waals surface area (Å²) in [6, 6.07) is 13.6. The summed E-state index contributed by atoms with van der Waals surface area (Å²) in [7, 11) is 0. The van der Waals surface area contributed by atoms with Crippen LogP contribution in [0, 0.1) is 0 Å². The van der Waals surface area contributed by atoms with E-state index in [1.54, 1.807) is 6.20 Å². The van der Waals surface area contributed by atoms with E-state index in [-0.39, 0.29) is 11.4 Å². The zero-order chi connectivity index (χ0) is 17.0. The SMILES string of the molecule is CC1(C)CC(=O)NCCN1Cc1cccc(Oc2ccccn2)c1. The third-order valence-corrected chi connectivity index (χ3v) is 4.29. The average Bonchev–Trinajstić information content (AvgIpc) is 2.66. The van der Waals surface area contributed by atoms with Crippen molar-refractivity contribution in [1.29, 1.82) is 0 Å². The van der Waals surface area contributed by atoms with Crippen molar-refractivity contribution in [2.45, 2.75) is 32.4 Å². The molecule has 0 radical (unpaired) electrons. The number of nitrogens with zero attached hydrogens (tertiary/aromatic N) is 2. The molecule has 1 fully saturated rings. The second kappa shape index (κ2) is 7.01. The molecule has 1 N–H and O–H groups in total. The van der Waals surface area contributed by atoms with Crippen LogP contribution in [-0.4, -0.2) is 34.4 Å². The molecule has 24 heavy (non-hydrogen) atoms. The van der Waals surface area contributed by atoms with Gasteiger partial charge in [0.15, 0.2) is 0 Å². The topological polar surface area (TPSA) is 54.5 Å². The normalized spacial score (nSPS) is 17.8. The van der Waals surface area contributed by atoms with Gasteiger partial charge in [0.25, 0.3) is 0 Å². The Morgan fingerprint density at radius 2 is 2.12 bits per heavy atom. The van der Waals surface area contributed by atoms with Crippen LogP contribution in [0.2, 0.25) is 0 Å². The van der Waals surface area contributed by atoms with Gasteiger partial charge < -0.3 is 10.1 Å². The Labute approximate surface area is 142 Å². The average molecular weight is 325 g/mol. The highest BCUT2D eigenvalue weighted by molar-refractivity contribution is 5.77. The van der Waals surface area contributed by atoms with Crippen molar-refractivity contribution in [2.75, 3.05) is 13.1 Å². The van der Waals surface area contributed by atoms with Crippen LogP contribution in [0.4, 0.5) is 0 Å². The van der Waals surface area contributed by atoms with Gasteiger partial charge in [-0.25, -0.2) is 4.98 Å². The monoisotopic (exact) mass is 325 g/mol. The highest BCUT2D eigenvalue weighted by Gasteiger charge is 2.31. The standard InChI is InChI=1S/C19H23N3O2/c1-19(2)13-17(23)20-10-11-22(19)14-15-6-5-7-16(12-15)24-18-8-3-4-9-21-18/h3-9,12H,10-11,13-14H2,1-2H3,(H,20,23). The summed E-state index contributed by atoms with van der Waals surface area (Å²) in [4.78, 5) is 18.3. The second-order valence-corrected chi connectivity index (χ2v) is 6.68. The molecule has 0 spiro atoms. The fraction of sp³-hybridized carbons (Fsp3) is 0.368. The fourth-order valence-corrected chi connectivity index (χ4v) is 2.95. The summed E-state index contributed by atoms with van der Waals surface area (Å²) in [6.45, 7) is 6.54. The lowest BCUT2D eigenvalue weighted by molar-refractivity contribution is -0.122. The quantitative estimate of drug-likeness (QED) is 0.939. The van der Waals surface area contributed by atoms with Gasteiger partial charge in [-0.3, -0.25) is 9.69 Å². The molecular formula is C19H23N3O2. The lowest BCUT2D eigenvalue weighted by atomic mass is 9.97. The number of aromatic nitrogens is 1. The molecule has 0 bridgehead atoms. The molecule has 1 aliphatic rings. The van der Waals surface area contributed by atoms with Gasteiger partial charge >= 0.3 is 0 Å². The van der Waals surface area contributed by atoms with Crippen molar-refractivity contribution >= 4 is 5.91 Å². The number of amides is 1. The van der Waals surface area contributed by atoms with Crippen molar-refractivity contribution in [3.8, 4) is 11.6 Å². The van der Waals surface area contributed by atoms with Crippen LogP contribution in [0.3, 0.4) is 0 Å². The van der Waals surface area contributed by atoms with E-state index in [0.29, 0.717) is 18.8 Å². The molecule has 126 valence electrons. The van der Waals surface area contributed by atoms with Crippen LogP contribution in [0.5, 0.6) is 11.6 Å². The summed E-state index contributed by atoms with van der Waals surface area (Å²) in [6.07, 6.45) is 2.22. The van der Waals surface area contributed by atoms with Crippen molar-refractivity contribution in [2.24, 2.45) is 0 Å². The minimum atomic E-state index is -0.168. The van der Waals surface area contributed by atoms with Crippen molar-refractivity contribution in [3.05, 3.63) is 54.2 Å². The summed E-state index contributed by atoms with van der Waals surface area (Å²) < 4.78 is 5.81. The molecule has 1 aromatic carbocycles. The number of hydrogen-bond donors (Lipinski definition) is 1. The van der Waals surface area contributed by atoms with E-state index in [9.17, 15) is 4.79 Å². The smallest absolute Gasteiger partial charge is 0.221 e. The van der Waals surface area contributed by atoms with Crippen LogP contribution in [0.25, 0.3) is 0 Å². The highest BCUT2D eigenvalue weighted by atomic mass is 16.5. The van der Waals surface area contributed by atoms with Crippen molar-refractivity contribution in [3.63, 3.8) is 0 Å². The third-order valence-electron chi connectivity index (χ3n) is 4.29. The summed E-state index contributed by atoms with van der Waals surface area (Å²) >= 11 is 0. The van der Waals surface area contributed by atoms with Crippen LogP contribution in [-0.2, 0) is 11.3 Å². The lowest BCUT2D eigenvalue weighted by Gasteiger charge is -2.36. The van der Waals surface area contributed by atoms with Crippen LogP contribution in [0.1, 0.15) is 25.8 Å². The number of ether oxygens (including phenoxy) is 1. The molecule has 0 atom stereocenters. The zero-order valence-corrected chi connectivity index (χ0v) is 14.2. The molecule has 5 heteroatoms. The van der Waals surface area contributed by atoms with Gasteiger partial charge in [0.05, 0.1) is 0 Å². The van der Waals surface area contributed by atoms with Gasteiger partial charge in [0, 0.05) is 43.9 Å². The molecule has 0 aliphatic carbocycles. The first-order valence-electron chi connectivity index (χ1n) is 8.22. The first kappa shape index (κ1) is 16.5.